The predicted octanol–water partition coefficient (Wildman–Crippen LogP) is 4.03. The zero-order valence-corrected chi connectivity index (χ0v) is 13.7. The van der Waals surface area contributed by atoms with Gasteiger partial charge in [-0.25, -0.2) is 4.39 Å². The molecule has 0 atom stereocenters. The molecule has 0 spiro atoms. The first kappa shape index (κ1) is 16.6. The Bertz CT molecular complexity index is 627. The van der Waals surface area contributed by atoms with Crippen molar-refractivity contribution in [1.29, 1.82) is 0 Å². The van der Waals surface area contributed by atoms with Crippen LogP contribution < -0.4 is 0 Å². The summed E-state index contributed by atoms with van der Waals surface area (Å²) in [6.45, 7) is 2.36. The Morgan fingerprint density at radius 1 is 1.14 bits per heavy atom. The second-order valence-electron chi connectivity index (χ2n) is 5.32. The van der Waals surface area contributed by atoms with Crippen molar-refractivity contribution in [2.24, 2.45) is 0 Å². The number of hydrogen-bond acceptors (Lipinski definition) is 2. The molecule has 2 aromatic carbocycles. The lowest BCUT2D eigenvalue weighted by Gasteiger charge is -2.17. The van der Waals surface area contributed by atoms with E-state index in [-0.39, 0.29) is 11.7 Å². The lowest BCUT2D eigenvalue weighted by Crippen LogP contribution is -2.28. The predicted molar refractivity (Wildman–Crippen MR) is 90.2 cm³/mol. The molecule has 0 aromatic heterocycles. The van der Waals surface area contributed by atoms with Crippen LogP contribution in [-0.2, 0) is 17.1 Å². The number of benzene rings is 2. The van der Waals surface area contributed by atoms with E-state index in [1.807, 2.05) is 0 Å². The minimum atomic E-state index is -0.269. The zero-order chi connectivity index (χ0) is 15.9. The average molecular weight is 317 g/mol. The molecule has 2 aromatic rings. The fourth-order valence-corrected chi connectivity index (χ4v) is 2.95. The van der Waals surface area contributed by atoms with Crippen molar-refractivity contribution in [1.82, 2.24) is 4.90 Å². The second kappa shape index (κ2) is 7.99. The molecule has 2 nitrogen and oxygen atoms in total. The van der Waals surface area contributed by atoms with Crippen LogP contribution in [0, 0.1) is 12.7 Å². The van der Waals surface area contributed by atoms with E-state index in [0.717, 1.165) is 5.75 Å². The molecule has 0 saturated carbocycles. The van der Waals surface area contributed by atoms with Gasteiger partial charge in [-0.15, -0.1) is 11.8 Å². The van der Waals surface area contributed by atoms with Crippen LogP contribution in [-0.4, -0.2) is 23.6 Å². The van der Waals surface area contributed by atoms with Crippen LogP contribution in [0.3, 0.4) is 0 Å². The molecule has 2 rings (SSSR count). The van der Waals surface area contributed by atoms with Gasteiger partial charge < -0.3 is 4.90 Å². The number of thioether (sulfide) groups is 1. The molecule has 22 heavy (non-hydrogen) atoms. The van der Waals surface area contributed by atoms with Gasteiger partial charge in [0.15, 0.2) is 0 Å². The number of carbonyl (C=O) groups excluding carboxylic acids is 1. The summed E-state index contributed by atoms with van der Waals surface area (Å²) in [5, 5.41) is 0. The summed E-state index contributed by atoms with van der Waals surface area (Å²) in [5.41, 5.74) is 2.98. The van der Waals surface area contributed by atoms with Gasteiger partial charge in [0.1, 0.15) is 5.82 Å². The summed E-state index contributed by atoms with van der Waals surface area (Å²) in [6, 6.07) is 14.9. The van der Waals surface area contributed by atoms with Crippen molar-refractivity contribution in [2.75, 3.05) is 12.8 Å². The van der Waals surface area contributed by atoms with Gasteiger partial charge >= 0.3 is 0 Å². The molecule has 116 valence electrons. The Morgan fingerprint density at radius 3 is 2.50 bits per heavy atom. The highest BCUT2D eigenvalue weighted by Gasteiger charge is 2.11. The fourth-order valence-electron chi connectivity index (χ4n) is 2.02. The van der Waals surface area contributed by atoms with Gasteiger partial charge in [0.2, 0.25) is 5.91 Å². The molecule has 0 aliphatic rings. The number of amides is 1. The van der Waals surface area contributed by atoms with Crippen molar-refractivity contribution < 1.29 is 9.18 Å². The van der Waals surface area contributed by atoms with Crippen LogP contribution in [0.4, 0.5) is 4.39 Å². The number of carbonyl (C=O) groups is 1. The third kappa shape index (κ3) is 4.88. The van der Waals surface area contributed by atoms with E-state index in [4.69, 9.17) is 0 Å². The molecular formula is C18H20FNOS. The summed E-state index contributed by atoms with van der Waals surface area (Å²) in [6.07, 6.45) is 0. The van der Waals surface area contributed by atoms with E-state index >= 15 is 0 Å². The highest BCUT2D eigenvalue weighted by atomic mass is 32.2. The zero-order valence-electron chi connectivity index (χ0n) is 12.9. The first-order valence-corrected chi connectivity index (χ1v) is 8.32. The van der Waals surface area contributed by atoms with Crippen LogP contribution in [0.2, 0.25) is 0 Å². The minimum Gasteiger partial charge on any atom is -0.341 e. The Labute approximate surface area is 135 Å². The summed E-state index contributed by atoms with van der Waals surface area (Å²) in [4.78, 5) is 13.7. The highest BCUT2D eigenvalue weighted by molar-refractivity contribution is 7.99. The molecule has 1 amide bonds. The Balaban J connectivity index is 1.79. The SMILES string of the molecule is Cc1ccc(CSCC(=O)N(C)Cc2ccccc2F)cc1. The van der Waals surface area contributed by atoms with E-state index < -0.39 is 0 Å². The second-order valence-corrected chi connectivity index (χ2v) is 6.31. The normalized spacial score (nSPS) is 10.5. The quantitative estimate of drug-likeness (QED) is 0.802. The number of hydrogen-bond donors (Lipinski definition) is 0. The Morgan fingerprint density at radius 2 is 1.82 bits per heavy atom. The smallest absolute Gasteiger partial charge is 0.232 e. The lowest BCUT2D eigenvalue weighted by molar-refractivity contribution is -0.127. The lowest BCUT2D eigenvalue weighted by atomic mass is 10.2. The fraction of sp³-hybridized carbons (Fsp3) is 0.278. The summed E-state index contributed by atoms with van der Waals surface area (Å²) in [7, 11) is 1.71. The number of aryl methyl sites for hydroxylation is 1. The van der Waals surface area contributed by atoms with Crippen molar-refractivity contribution in [3.05, 3.63) is 71.0 Å². The molecule has 0 bridgehead atoms. The first-order valence-electron chi connectivity index (χ1n) is 7.17. The van der Waals surface area contributed by atoms with Crippen LogP contribution >= 0.6 is 11.8 Å². The van der Waals surface area contributed by atoms with E-state index in [1.165, 1.54) is 17.2 Å². The molecule has 0 aliphatic heterocycles. The number of nitrogens with zero attached hydrogens (tertiary/aromatic N) is 1. The number of halogens is 1. The largest absolute Gasteiger partial charge is 0.341 e. The van der Waals surface area contributed by atoms with Gasteiger partial charge in [0, 0.05) is 24.9 Å². The molecule has 0 fully saturated rings. The van der Waals surface area contributed by atoms with Gasteiger partial charge in [0.25, 0.3) is 0 Å². The molecule has 0 N–H and O–H groups in total. The third-order valence-corrected chi connectivity index (χ3v) is 4.39. The Kier molecular flexibility index (Phi) is 6.01. The molecule has 0 unspecified atom stereocenters. The van der Waals surface area contributed by atoms with Crippen molar-refractivity contribution in [3.63, 3.8) is 0 Å². The molecule has 0 saturated heterocycles. The van der Waals surface area contributed by atoms with Gasteiger partial charge in [-0.2, -0.15) is 0 Å². The van der Waals surface area contributed by atoms with Crippen LogP contribution in [0.25, 0.3) is 0 Å². The minimum absolute atomic E-state index is 0.0142. The molecule has 0 radical (unpaired) electrons. The van der Waals surface area contributed by atoms with Crippen LogP contribution in [0.1, 0.15) is 16.7 Å². The maximum absolute atomic E-state index is 13.6. The van der Waals surface area contributed by atoms with Gasteiger partial charge in [-0.3, -0.25) is 4.79 Å². The van der Waals surface area contributed by atoms with Crippen molar-refractivity contribution >= 4 is 17.7 Å². The van der Waals surface area contributed by atoms with Gasteiger partial charge in [-0.1, -0.05) is 48.0 Å². The molecule has 0 aliphatic carbocycles. The maximum atomic E-state index is 13.6. The number of rotatable bonds is 6. The van der Waals surface area contributed by atoms with E-state index in [0.29, 0.717) is 17.9 Å². The monoisotopic (exact) mass is 317 g/mol. The summed E-state index contributed by atoms with van der Waals surface area (Å²) in [5.74, 6) is 0.952. The summed E-state index contributed by atoms with van der Waals surface area (Å²) < 4.78 is 13.6. The van der Waals surface area contributed by atoms with E-state index in [2.05, 4.69) is 31.2 Å². The highest BCUT2D eigenvalue weighted by Crippen LogP contribution is 2.15. The van der Waals surface area contributed by atoms with Crippen molar-refractivity contribution in [3.8, 4) is 0 Å². The Hall–Kier alpha value is -1.81. The topological polar surface area (TPSA) is 20.3 Å². The first-order chi connectivity index (χ1) is 10.6. The van der Waals surface area contributed by atoms with Crippen LogP contribution in [0.15, 0.2) is 48.5 Å². The third-order valence-electron chi connectivity index (χ3n) is 3.41. The molecular weight excluding hydrogens is 297 g/mol. The molecule has 0 heterocycles. The maximum Gasteiger partial charge on any atom is 0.232 e. The van der Waals surface area contributed by atoms with Gasteiger partial charge in [0.05, 0.1) is 5.75 Å². The standard InChI is InChI=1S/C18H20FNOS/c1-14-7-9-15(10-8-14)12-22-13-18(21)20(2)11-16-5-3-4-6-17(16)19/h3-10H,11-13H2,1-2H3. The molecule has 4 heteroatoms. The van der Waals surface area contributed by atoms with Crippen molar-refractivity contribution in [2.45, 2.75) is 19.2 Å². The van der Waals surface area contributed by atoms with E-state index in [9.17, 15) is 9.18 Å². The van der Waals surface area contributed by atoms with Gasteiger partial charge in [-0.05, 0) is 18.6 Å². The average Bonchev–Trinajstić information content (AvgIpc) is 2.51. The summed E-state index contributed by atoms with van der Waals surface area (Å²) >= 11 is 1.58. The van der Waals surface area contributed by atoms with Crippen LogP contribution in [0.5, 0.6) is 0 Å². The van der Waals surface area contributed by atoms with E-state index in [1.54, 1.807) is 41.9 Å².